The van der Waals surface area contributed by atoms with Crippen LogP contribution in [0, 0.1) is 33.5 Å². The number of benzene rings is 3. The molecule has 3 aromatic carbocycles. The van der Waals surface area contributed by atoms with Crippen LogP contribution in [0.4, 0.5) is 14.9 Å². The zero-order valence-corrected chi connectivity index (χ0v) is 23.0. The molecule has 0 unspecified atom stereocenters. The number of anilines is 1. The van der Waals surface area contributed by atoms with E-state index in [1.165, 1.54) is 6.07 Å². The summed E-state index contributed by atoms with van der Waals surface area (Å²) in [6.07, 6.45) is 1.70. The molecule has 1 aliphatic rings. The lowest BCUT2D eigenvalue weighted by atomic mass is 10.1. The maximum atomic E-state index is 14.4. The van der Waals surface area contributed by atoms with Crippen LogP contribution in [0.25, 0.3) is 17.0 Å². The number of imide groups is 1. The highest BCUT2D eigenvalue weighted by Crippen LogP contribution is 2.36. The molecule has 1 saturated heterocycles. The minimum absolute atomic E-state index is 0.243. The fourth-order valence-electron chi connectivity index (χ4n) is 5.11. The van der Waals surface area contributed by atoms with Gasteiger partial charge in [0.15, 0.2) is 0 Å². The van der Waals surface area contributed by atoms with Gasteiger partial charge in [0.1, 0.15) is 12.4 Å². The molecule has 0 bridgehead atoms. The number of aryl methyl sites for hydroxylation is 3. The van der Waals surface area contributed by atoms with Gasteiger partial charge in [-0.25, -0.2) is 4.39 Å². The Bertz CT molecular complexity index is 1660. The third kappa shape index (κ3) is 5.12. The molecule has 8 heteroatoms. The predicted molar refractivity (Wildman–Crippen MR) is 154 cm³/mol. The van der Waals surface area contributed by atoms with Gasteiger partial charge in [-0.3, -0.25) is 19.3 Å². The predicted octanol–water partition coefficient (Wildman–Crippen LogP) is 6.74. The first kappa shape index (κ1) is 26.4. The van der Waals surface area contributed by atoms with E-state index in [1.54, 1.807) is 24.3 Å². The Kier molecular flexibility index (Phi) is 7.14. The van der Waals surface area contributed by atoms with Crippen molar-refractivity contribution >= 4 is 51.5 Å². The number of hydrogen-bond donors (Lipinski definition) is 1. The highest BCUT2D eigenvalue weighted by molar-refractivity contribution is 8.18. The fourth-order valence-corrected chi connectivity index (χ4v) is 5.93. The van der Waals surface area contributed by atoms with E-state index in [2.05, 4.69) is 5.32 Å². The van der Waals surface area contributed by atoms with Crippen molar-refractivity contribution in [2.75, 3.05) is 11.9 Å². The molecule has 2 heterocycles. The largest absolute Gasteiger partial charge is 0.340 e. The molecule has 198 valence electrons. The number of fused-ring (bicyclic) bond motifs is 1. The monoisotopic (exact) mass is 541 g/mol. The first-order valence-electron chi connectivity index (χ1n) is 12.6. The van der Waals surface area contributed by atoms with Crippen LogP contribution in [0.5, 0.6) is 0 Å². The SMILES string of the molecule is Cc1cc(C)c(NC(=O)CN2C(=O)S/C(=C\c3c(C)n(Cc4ccccc4F)c4ccccc34)C2=O)c(C)c1. The molecule has 39 heavy (non-hydrogen) atoms. The van der Waals surface area contributed by atoms with Gasteiger partial charge in [-0.15, -0.1) is 0 Å². The van der Waals surface area contributed by atoms with Gasteiger partial charge in [0.2, 0.25) is 5.91 Å². The van der Waals surface area contributed by atoms with Crippen LogP contribution in [0.15, 0.2) is 65.6 Å². The van der Waals surface area contributed by atoms with Gasteiger partial charge in [-0.05, 0) is 68.8 Å². The highest BCUT2D eigenvalue weighted by Gasteiger charge is 2.36. The Morgan fingerprint density at radius 2 is 1.64 bits per heavy atom. The molecule has 1 aliphatic heterocycles. The lowest BCUT2D eigenvalue weighted by Gasteiger charge is -2.15. The van der Waals surface area contributed by atoms with Gasteiger partial charge >= 0.3 is 0 Å². The van der Waals surface area contributed by atoms with Crippen molar-refractivity contribution in [1.29, 1.82) is 0 Å². The smallest absolute Gasteiger partial charge is 0.294 e. The molecule has 6 nitrogen and oxygen atoms in total. The van der Waals surface area contributed by atoms with E-state index in [-0.39, 0.29) is 17.3 Å². The number of hydrogen-bond acceptors (Lipinski definition) is 4. The standard InChI is InChI=1S/C31H28FN3O3S/c1-18-13-19(2)29(20(3)14-18)33-28(36)17-35-30(37)27(39-31(35)38)15-24-21(4)34(26-12-8-6-10-23(24)26)16-22-9-5-7-11-25(22)32/h5-15H,16-17H2,1-4H3,(H,33,36)/b27-15-. The van der Waals surface area contributed by atoms with Gasteiger partial charge in [0.05, 0.1) is 11.4 Å². The van der Waals surface area contributed by atoms with E-state index in [1.807, 2.05) is 68.7 Å². The summed E-state index contributed by atoms with van der Waals surface area (Å²) in [5.41, 5.74) is 6.67. The van der Waals surface area contributed by atoms with Gasteiger partial charge in [0.25, 0.3) is 11.1 Å². The summed E-state index contributed by atoms with van der Waals surface area (Å²) in [4.78, 5) is 40.1. The van der Waals surface area contributed by atoms with Crippen LogP contribution < -0.4 is 5.32 Å². The van der Waals surface area contributed by atoms with Gasteiger partial charge in [0, 0.05) is 33.4 Å². The Hall–Kier alpha value is -4.17. The van der Waals surface area contributed by atoms with Gasteiger partial charge in [-0.2, -0.15) is 0 Å². The number of nitrogens with one attached hydrogen (secondary N) is 1. The third-order valence-corrected chi connectivity index (χ3v) is 7.87. The number of thioether (sulfide) groups is 1. The van der Waals surface area contributed by atoms with E-state index in [9.17, 15) is 18.8 Å². The molecule has 0 atom stereocenters. The summed E-state index contributed by atoms with van der Waals surface area (Å²) in [5, 5.41) is 3.25. The molecule has 0 spiro atoms. The molecule has 3 amide bonds. The van der Waals surface area contributed by atoms with Crippen molar-refractivity contribution in [2.24, 2.45) is 0 Å². The Morgan fingerprint density at radius 3 is 2.36 bits per heavy atom. The molecule has 1 aromatic heterocycles. The number of nitrogens with zero attached hydrogens (tertiary/aromatic N) is 2. The molecule has 0 aliphatic carbocycles. The maximum Gasteiger partial charge on any atom is 0.294 e. The van der Waals surface area contributed by atoms with Crippen LogP contribution in [-0.2, 0) is 16.1 Å². The fraction of sp³-hybridized carbons (Fsp3) is 0.194. The summed E-state index contributed by atoms with van der Waals surface area (Å²) in [7, 11) is 0. The second kappa shape index (κ2) is 10.5. The average Bonchev–Trinajstić information content (AvgIpc) is 3.30. The molecule has 4 aromatic rings. The topological polar surface area (TPSA) is 71.4 Å². The number of para-hydroxylation sites is 1. The number of carbonyl (C=O) groups excluding carboxylic acids is 3. The van der Waals surface area contributed by atoms with E-state index in [0.29, 0.717) is 17.8 Å². The summed E-state index contributed by atoms with van der Waals surface area (Å²) in [6, 6.07) is 18.3. The van der Waals surface area contributed by atoms with Crippen LogP contribution in [0.2, 0.25) is 0 Å². The summed E-state index contributed by atoms with van der Waals surface area (Å²) in [6.45, 7) is 7.66. The van der Waals surface area contributed by atoms with Gasteiger partial charge in [-0.1, -0.05) is 54.1 Å². The van der Waals surface area contributed by atoms with Gasteiger partial charge < -0.3 is 9.88 Å². The number of rotatable bonds is 6. The lowest BCUT2D eigenvalue weighted by Crippen LogP contribution is -2.36. The second-order valence-electron chi connectivity index (χ2n) is 9.78. The van der Waals surface area contributed by atoms with Crippen molar-refractivity contribution < 1.29 is 18.8 Å². The molecule has 5 rings (SSSR count). The van der Waals surface area contributed by atoms with E-state index >= 15 is 0 Å². The van der Waals surface area contributed by atoms with Crippen LogP contribution in [0.3, 0.4) is 0 Å². The van der Waals surface area contributed by atoms with Crippen LogP contribution in [0.1, 0.15) is 33.5 Å². The molecular formula is C31H28FN3O3S. The summed E-state index contributed by atoms with van der Waals surface area (Å²) in [5.74, 6) is -1.24. The van der Waals surface area contributed by atoms with Crippen molar-refractivity contribution in [3.63, 3.8) is 0 Å². The summed E-state index contributed by atoms with van der Waals surface area (Å²) >= 11 is 0.815. The Balaban J connectivity index is 1.42. The van der Waals surface area contributed by atoms with Crippen molar-refractivity contribution in [3.05, 3.63) is 105 Å². The lowest BCUT2D eigenvalue weighted by molar-refractivity contribution is -0.127. The number of aromatic nitrogens is 1. The average molecular weight is 542 g/mol. The molecule has 1 N–H and O–H groups in total. The highest BCUT2D eigenvalue weighted by atomic mass is 32.2. The zero-order chi connectivity index (χ0) is 27.8. The second-order valence-corrected chi connectivity index (χ2v) is 10.8. The van der Waals surface area contributed by atoms with Crippen molar-refractivity contribution in [1.82, 2.24) is 9.47 Å². The molecule has 0 saturated carbocycles. The number of halogens is 1. The van der Waals surface area contributed by atoms with E-state index in [4.69, 9.17) is 0 Å². The minimum Gasteiger partial charge on any atom is -0.340 e. The van der Waals surface area contributed by atoms with Crippen molar-refractivity contribution in [3.8, 4) is 0 Å². The number of amides is 3. The Morgan fingerprint density at radius 1 is 0.974 bits per heavy atom. The number of carbonyl (C=O) groups is 3. The van der Waals surface area contributed by atoms with E-state index < -0.39 is 17.1 Å². The van der Waals surface area contributed by atoms with Crippen molar-refractivity contribution in [2.45, 2.75) is 34.2 Å². The zero-order valence-electron chi connectivity index (χ0n) is 22.2. The first-order chi connectivity index (χ1) is 18.6. The molecule has 1 fully saturated rings. The Labute approximate surface area is 230 Å². The maximum absolute atomic E-state index is 14.4. The normalized spacial score (nSPS) is 14.6. The quantitative estimate of drug-likeness (QED) is 0.275. The summed E-state index contributed by atoms with van der Waals surface area (Å²) < 4.78 is 16.4. The van der Waals surface area contributed by atoms with Crippen LogP contribution in [-0.4, -0.2) is 33.1 Å². The molecule has 0 radical (unpaired) electrons. The first-order valence-corrected chi connectivity index (χ1v) is 13.4. The van der Waals surface area contributed by atoms with Crippen LogP contribution >= 0.6 is 11.8 Å². The van der Waals surface area contributed by atoms with E-state index in [0.717, 1.165) is 55.5 Å². The third-order valence-electron chi connectivity index (χ3n) is 6.96. The minimum atomic E-state index is -0.511. The molecular weight excluding hydrogens is 513 g/mol.